The molecule has 2 aromatic rings. The maximum absolute atomic E-state index is 12.1. The SMILES string of the molecule is O=C(/C=C/CC/C=C/S(=O)(=O)c1ccc([N+](=O)[O-])cc1)c1ccccc1. The second-order valence-corrected chi connectivity index (χ2v) is 7.21. The summed E-state index contributed by atoms with van der Waals surface area (Å²) in [5.74, 6) is -0.104. The van der Waals surface area contributed by atoms with E-state index in [4.69, 9.17) is 0 Å². The second-order valence-electron chi connectivity index (χ2n) is 5.38. The summed E-state index contributed by atoms with van der Waals surface area (Å²) in [5, 5.41) is 11.7. The van der Waals surface area contributed by atoms with Crippen molar-refractivity contribution >= 4 is 21.3 Å². The summed E-state index contributed by atoms with van der Waals surface area (Å²) >= 11 is 0. The smallest absolute Gasteiger partial charge is 0.269 e. The molecule has 0 spiro atoms. The number of nitro groups is 1. The van der Waals surface area contributed by atoms with E-state index in [9.17, 15) is 23.3 Å². The lowest BCUT2D eigenvalue weighted by molar-refractivity contribution is -0.384. The third kappa shape index (κ3) is 5.49. The van der Waals surface area contributed by atoms with Gasteiger partial charge in [0.15, 0.2) is 15.6 Å². The van der Waals surface area contributed by atoms with Crippen LogP contribution in [0.4, 0.5) is 5.69 Å². The molecule has 0 aromatic heterocycles. The van der Waals surface area contributed by atoms with Crippen LogP contribution in [-0.2, 0) is 9.84 Å². The van der Waals surface area contributed by atoms with Gasteiger partial charge in [-0.2, -0.15) is 0 Å². The van der Waals surface area contributed by atoms with Crippen molar-refractivity contribution in [1.29, 1.82) is 0 Å². The summed E-state index contributed by atoms with van der Waals surface area (Å²) in [6, 6.07) is 13.6. The lowest BCUT2D eigenvalue weighted by Crippen LogP contribution is -1.97. The molecule has 2 rings (SSSR count). The molecule has 0 aliphatic heterocycles. The highest BCUT2D eigenvalue weighted by Crippen LogP contribution is 2.17. The van der Waals surface area contributed by atoms with Gasteiger partial charge >= 0.3 is 0 Å². The van der Waals surface area contributed by atoms with E-state index in [-0.39, 0.29) is 16.4 Å². The van der Waals surface area contributed by atoms with Gasteiger partial charge in [-0.25, -0.2) is 8.42 Å². The van der Waals surface area contributed by atoms with Crippen LogP contribution in [0.5, 0.6) is 0 Å². The van der Waals surface area contributed by atoms with Gasteiger partial charge in [-0.1, -0.05) is 42.5 Å². The van der Waals surface area contributed by atoms with E-state index < -0.39 is 14.8 Å². The molecule has 134 valence electrons. The second kappa shape index (κ2) is 8.87. The number of rotatable bonds is 8. The van der Waals surface area contributed by atoms with E-state index in [1.54, 1.807) is 30.3 Å². The van der Waals surface area contributed by atoms with E-state index in [0.29, 0.717) is 18.4 Å². The number of non-ortho nitro benzene ring substituents is 1. The molecule has 0 aliphatic rings. The molecular weight excluding hydrogens is 354 g/mol. The van der Waals surface area contributed by atoms with Crippen LogP contribution in [0.3, 0.4) is 0 Å². The quantitative estimate of drug-likeness (QED) is 0.229. The Bertz CT molecular complexity index is 930. The lowest BCUT2D eigenvalue weighted by atomic mass is 10.1. The minimum absolute atomic E-state index is 0.00542. The van der Waals surface area contributed by atoms with Gasteiger partial charge in [-0.05, 0) is 31.1 Å². The normalized spacial score (nSPS) is 11.8. The molecule has 0 heterocycles. The van der Waals surface area contributed by atoms with Crippen LogP contribution < -0.4 is 0 Å². The number of benzene rings is 2. The first-order valence-electron chi connectivity index (χ1n) is 7.82. The summed E-state index contributed by atoms with van der Waals surface area (Å²) in [7, 11) is -3.64. The summed E-state index contributed by atoms with van der Waals surface area (Å²) in [5.41, 5.74) is 0.432. The first-order chi connectivity index (χ1) is 12.4. The molecule has 6 nitrogen and oxygen atoms in total. The van der Waals surface area contributed by atoms with Gasteiger partial charge in [0, 0.05) is 23.1 Å². The van der Waals surface area contributed by atoms with Crippen molar-refractivity contribution in [3.63, 3.8) is 0 Å². The number of unbranched alkanes of at least 4 members (excludes halogenated alkanes) is 1. The van der Waals surface area contributed by atoms with Crippen LogP contribution in [0.1, 0.15) is 23.2 Å². The Labute approximate surface area is 151 Å². The Hall–Kier alpha value is -3.06. The Kier molecular flexibility index (Phi) is 6.57. The van der Waals surface area contributed by atoms with E-state index in [0.717, 1.165) is 17.5 Å². The monoisotopic (exact) mass is 371 g/mol. The number of allylic oxidation sites excluding steroid dienone is 3. The molecule has 0 bridgehead atoms. The van der Waals surface area contributed by atoms with Gasteiger partial charge in [-0.3, -0.25) is 14.9 Å². The number of ketones is 1. The molecule has 0 unspecified atom stereocenters. The Morgan fingerprint density at radius 3 is 2.19 bits per heavy atom. The van der Waals surface area contributed by atoms with E-state index in [1.165, 1.54) is 24.3 Å². The topological polar surface area (TPSA) is 94.3 Å². The lowest BCUT2D eigenvalue weighted by Gasteiger charge is -1.98. The predicted molar refractivity (Wildman–Crippen MR) is 98.6 cm³/mol. The van der Waals surface area contributed by atoms with Crippen LogP contribution in [-0.4, -0.2) is 19.1 Å². The van der Waals surface area contributed by atoms with Gasteiger partial charge in [0.1, 0.15) is 0 Å². The van der Waals surface area contributed by atoms with Gasteiger partial charge < -0.3 is 0 Å². The van der Waals surface area contributed by atoms with Gasteiger partial charge in [0.25, 0.3) is 5.69 Å². The number of nitrogens with zero attached hydrogens (tertiary/aromatic N) is 1. The van der Waals surface area contributed by atoms with Crippen molar-refractivity contribution in [1.82, 2.24) is 0 Å². The zero-order valence-electron chi connectivity index (χ0n) is 13.8. The van der Waals surface area contributed by atoms with Crippen molar-refractivity contribution in [3.8, 4) is 0 Å². The number of nitro benzene ring substituents is 1. The van der Waals surface area contributed by atoms with Crippen molar-refractivity contribution in [2.45, 2.75) is 17.7 Å². The first-order valence-corrected chi connectivity index (χ1v) is 9.37. The highest BCUT2D eigenvalue weighted by Gasteiger charge is 2.12. The zero-order chi connectivity index (χ0) is 19.0. The Morgan fingerprint density at radius 1 is 0.962 bits per heavy atom. The molecule has 26 heavy (non-hydrogen) atoms. The van der Waals surface area contributed by atoms with Gasteiger partial charge in [0.05, 0.1) is 9.82 Å². The molecule has 2 aromatic carbocycles. The van der Waals surface area contributed by atoms with Crippen molar-refractivity contribution in [2.24, 2.45) is 0 Å². The summed E-state index contributed by atoms with van der Waals surface area (Å²) in [6.07, 6.45) is 5.62. The number of sulfone groups is 1. The fourth-order valence-electron chi connectivity index (χ4n) is 2.11. The van der Waals surface area contributed by atoms with Gasteiger partial charge in [0.2, 0.25) is 0 Å². The largest absolute Gasteiger partial charge is 0.289 e. The van der Waals surface area contributed by atoms with E-state index in [1.807, 2.05) is 6.07 Å². The third-order valence-corrected chi connectivity index (χ3v) is 4.96. The fourth-order valence-corrected chi connectivity index (χ4v) is 3.17. The molecule has 0 N–H and O–H groups in total. The maximum atomic E-state index is 12.1. The Balaban J connectivity index is 1.88. The van der Waals surface area contributed by atoms with Crippen LogP contribution in [0, 0.1) is 10.1 Å². The number of hydrogen-bond donors (Lipinski definition) is 0. The fraction of sp³-hybridized carbons (Fsp3) is 0.105. The summed E-state index contributed by atoms with van der Waals surface area (Å²) in [4.78, 5) is 21.8. The number of hydrogen-bond acceptors (Lipinski definition) is 5. The molecular formula is C19H17NO5S. The standard InChI is InChI=1S/C19H17NO5S/c21-19(16-8-4-3-5-9-16)10-6-1-2-7-15-26(24,25)18-13-11-17(12-14-18)20(22)23/h3-15H,1-2H2/b10-6+,15-7+. The maximum Gasteiger partial charge on any atom is 0.269 e. The van der Waals surface area contributed by atoms with Crippen molar-refractivity contribution in [2.75, 3.05) is 0 Å². The molecule has 0 amide bonds. The first kappa shape index (κ1) is 19.3. The molecule has 0 atom stereocenters. The molecule has 0 saturated heterocycles. The molecule has 0 saturated carbocycles. The Morgan fingerprint density at radius 2 is 1.58 bits per heavy atom. The number of carbonyl (C=O) groups is 1. The predicted octanol–water partition coefficient (Wildman–Crippen LogP) is 4.10. The molecule has 0 aliphatic carbocycles. The third-order valence-electron chi connectivity index (χ3n) is 3.48. The molecule has 0 radical (unpaired) electrons. The minimum atomic E-state index is -3.64. The van der Waals surface area contributed by atoms with E-state index in [2.05, 4.69) is 0 Å². The van der Waals surface area contributed by atoms with Crippen LogP contribution >= 0.6 is 0 Å². The zero-order valence-corrected chi connectivity index (χ0v) is 14.6. The van der Waals surface area contributed by atoms with Crippen LogP contribution in [0.2, 0.25) is 0 Å². The van der Waals surface area contributed by atoms with Crippen LogP contribution in [0.25, 0.3) is 0 Å². The minimum Gasteiger partial charge on any atom is -0.289 e. The van der Waals surface area contributed by atoms with Crippen molar-refractivity contribution < 1.29 is 18.1 Å². The average molecular weight is 371 g/mol. The van der Waals surface area contributed by atoms with Crippen LogP contribution in [0.15, 0.2) is 83.1 Å². The van der Waals surface area contributed by atoms with Gasteiger partial charge in [-0.15, -0.1) is 0 Å². The molecule has 0 fully saturated rings. The highest BCUT2D eigenvalue weighted by molar-refractivity contribution is 7.94. The average Bonchev–Trinajstić information content (AvgIpc) is 2.65. The highest BCUT2D eigenvalue weighted by atomic mass is 32.2. The molecule has 7 heteroatoms. The summed E-state index contributed by atoms with van der Waals surface area (Å²) in [6.45, 7) is 0. The number of carbonyl (C=O) groups excluding carboxylic acids is 1. The van der Waals surface area contributed by atoms with Crippen molar-refractivity contribution in [3.05, 3.63) is 93.9 Å². The summed E-state index contributed by atoms with van der Waals surface area (Å²) < 4.78 is 24.2. The van der Waals surface area contributed by atoms with E-state index >= 15 is 0 Å².